The molecule has 2 heterocycles. The second kappa shape index (κ2) is 8.91. The molecule has 1 saturated heterocycles. The number of aliphatic hydroxyl groups excluding tert-OH is 1. The number of benzene rings is 2. The zero-order chi connectivity index (χ0) is 20.9. The molecule has 2 N–H and O–H groups in total. The van der Waals surface area contributed by atoms with Crippen molar-refractivity contribution < 1.29 is 5.11 Å². The molecule has 152 valence electrons. The summed E-state index contributed by atoms with van der Waals surface area (Å²) in [6, 6.07) is 19.3. The van der Waals surface area contributed by atoms with E-state index in [0.717, 1.165) is 32.7 Å². The minimum absolute atomic E-state index is 0.00423. The topological polar surface area (TPSA) is 96.2 Å². The first-order chi connectivity index (χ1) is 14.6. The van der Waals surface area contributed by atoms with Gasteiger partial charge < -0.3 is 10.1 Å². The zero-order valence-electron chi connectivity index (χ0n) is 16.6. The SMILES string of the molecule is N#C/C(=C(\O)CN1CCN(Cc2ccccc2)CC1)c1nc2ccccc2c(=O)[nH]1. The van der Waals surface area contributed by atoms with E-state index in [4.69, 9.17) is 0 Å². The molecule has 30 heavy (non-hydrogen) atoms. The molecule has 7 nitrogen and oxygen atoms in total. The maximum atomic E-state index is 12.3. The summed E-state index contributed by atoms with van der Waals surface area (Å²) < 4.78 is 0. The van der Waals surface area contributed by atoms with Crippen LogP contribution in [0.15, 0.2) is 65.2 Å². The molecule has 0 saturated carbocycles. The van der Waals surface area contributed by atoms with E-state index in [1.54, 1.807) is 24.3 Å². The standard InChI is InChI=1S/C23H23N5O2/c24-14-19(22-25-20-9-5-4-8-18(20)23(30)26-22)21(29)16-28-12-10-27(11-13-28)15-17-6-2-1-3-7-17/h1-9,29H,10-13,15-16H2,(H,25,26,30)/b21-19+. The molecule has 0 bridgehead atoms. The first kappa shape index (κ1) is 19.8. The smallest absolute Gasteiger partial charge is 0.259 e. The number of hydrogen-bond donors (Lipinski definition) is 2. The Hall–Kier alpha value is -3.47. The van der Waals surface area contributed by atoms with Crippen molar-refractivity contribution in [3.63, 3.8) is 0 Å². The molecule has 4 rings (SSSR count). The summed E-state index contributed by atoms with van der Waals surface area (Å²) in [4.78, 5) is 23.8. The Balaban J connectivity index is 1.45. The molecule has 0 spiro atoms. The predicted octanol–water partition coefficient (Wildman–Crippen LogP) is 2.53. The van der Waals surface area contributed by atoms with Gasteiger partial charge in [0.15, 0.2) is 5.82 Å². The van der Waals surface area contributed by atoms with Gasteiger partial charge in [-0.2, -0.15) is 5.26 Å². The van der Waals surface area contributed by atoms with Gasteiger partial charge >= 0.3 is 0 Å². The molecule has 0 aliphatic carbocycles. The van der Waals surface area contributed by atoms with E-state index < -0.39 is 0 Å². The van der Waals surface area contributed by atoms with Gasteiger partial charge in [0.2, 0.25) is 0 Å². The Morgan fingerprint density at radius 2 is 1.70 bits per heavy atom. The lowest BCUT2D eigenvalue weighted by atomic mass is 10.1. The largest absolute Gasteiger partial charge is 0.509 e. The average molecular weight is 401 g/mol. The van der Waals surface area contributed by atoms with E-state index in [1.807, 2.05) is 24.3 Å². The van der Waals surface area contributed by atoms with Crippen LogP contribution in [0.25, 0.3) is 16.5 Å². The molecule has 1 fully saturated rings. The highest BCUT2D eigenvalue weighted by molar-refractivity contribution is 5.81. The van der Waals surface area contributed by atoms with Gasteiger partial charge in [0.1, 0.15) is 17.4 Å². The summed E-state index contributed by atoms with van der Waals surface area (Å²) in [6.07, 6.45) is 0. The van der Waals surface area contributed by atoms with Crippen molar-refractivity contribution in [2.24, 2.45) is 0 Å². The zero-order valence-corrected chi connectivity index (χ0v) is 16.6. The van der Waals surface area contributed by atoms with Crippen LogP contribution in [-0.4, -0.2) is 57.6 Å². The Kier molecular flexibility index (Phi) is 5.89. The van der Waals surface area contributed by atoms with Crippen LogP contribution >= 0.6 is 0 Å². The van der Waals surface area contributed by atoms with Crippen molar-refractivity contribution in [3.05, 3.63) is 82.1 Å². The molecular weight excluding hydrogens is 378 g/mol. The summed E-state index contributed by atoms with van der Waals surface area (Å²) in [5.74, 6) is 0.0221. The van der Waals surface area contributed by atoms with Crippen molar-refractivity contribution in [3.8, 4) is 6.07 Å². The third kappa shape index (κ3) is 4.40. The number of nitriles is 1. The summed E-state index contributed by atoms with van der Waals surface area (Å²) in [7, 11) is 0. The number of piperazine rings is 1. The molecule has 0 radical (unpaired) electrons. The van der Waals surface area contributed by atoms with Gasteiger partial charge in [-0.15, -0.1) is 0 Å². The quantitative estimate of drug-likeness (QED) is 0.504. The molecular formula is C23H23N5O2. The average Bonchev–Trinajstić information content (AvgIpc) is 2.76. The minimum atomic E-state index is -0.328. The fourth-order valence-corrected chi connectivity index (χ4v) is 3.70. The maximum Gasteiger partial charge on any atom is 0.259 e. The minimum Gasteiger partial charge on any atom is -0.509 e. The summed E-state index contributed by atoms with van der Waals surface area (Å²) in [5.41, 5.74) is 1.45. The number of nitrogens with one attached hydrogen (secondary N) is 1. The first-order valence-electron chi connectivity index (χ1n) is 9.94. The van der Waals surface area contributed by atoms with E-state index >= 15 is 0 Å². The van der Waals surface area contributed by atoms with Gasteiger partial charge in [0.05, 0.1) is 17.4 Å². The van der Waals surface area contributed by atoms with Gasteiger partial charge in [-0.25, -0.2) is 4.98 Å². The van der Waals surface area contributed by atoms with Gasteiger partial charge in [-0.05, 0) is 17.7 Å². The molecule has 1 aromatic heterocycles. The highest BCUT2D eigenvalue weighted by atomic mass is 16.3. The number of aromatic nitrogens is 2. The Labute approximate surface area is 174 Å². The summed E-state index contributed by atoms with van der Waals surface area (Å²) >= 11 is 0. The van der Waals surface area contributed by atoms with Gasteiger partial charge in [-0.3, -0.25) is 14.6 Å². The van der Waals surface area contributed by atoms with Crippen molar-refractivity contribution >= 4 is 16.5 Å². The normalized spacial score (nSPS) is 16.2. The second-order valence-corrected chi connectivity index (χ2v) is 7.40. The fraction of sp³-hybridized carbons (Fsp3) is 0.261. The number of H-pyrrole nitrogens is 1. The number of aliphatic hydroxyl groups is 1. The Morgan fingerprint density at radius 3 is 2.43 bits per heavy atom. The van der Waals surface area contributed by atoms with E-state index in [2.05, 4.69) is 31.9 Å². The lowest BCUT2D eigenvalue weighted by Gasteiger charge is -2.34. The fourth-order valence-electron chi connectivity index (χ4n) is 3.70. The first-order valence-corrected chi connectivity index (χ1v) is 9.94. The van der Waals surface area contributed by atoms with E-state index in [0.29, 0.717) is 10.9 Å². The van der Waals surface area contributed by atoms with Crippen LogP contribution in [0.2, 0.25) is 0 Å². The second-order valence-electron chi connectivity index (χ2n) is 7.40. The summed E-state index contributed by atoms with van der Waals surface area (Å²) in [6.45, 7) is 4.50. The van der Waals surface area contributed by atoms with Crippen molar-refractivity contribution in [1.29, 1.82) is 5.26 Å². The van der Waals surface area contributed by atoms with Crippen LogP contribution in [0, 0.1) is 11.3 Å². The predicted molar refractivity (Wildman–Crippen MR) is 116 cm³/mol. The Morgan fingerprint density at radius 1 is 1.03 bits per heavy atom. The van der Waals surface area contributed by atoms with Gasteiger partial charge in [-0.1, -0.05) is 42.5 Å². The van der Waals surface area contributed by atoms with Crippen molar-refractivity contribution in [1.82, 2.24) is 19.8 Å². The van der Waals surface area contributed by atoms with Crippen LogP contribution in [-0.2, 0) is 6.54 Å². The van der Waals surface area contributed by atoms with Crippen LogP contribution in [0.1, 0.15) is 11.4 Å². The lowest BCUT2D eigenvalue weighted by Crippen LogP contribution is -2.46. The molecule has 0 unspecified atom stereocenters. The highest BCUT2D eigenvalue weighted by Gasteiger charge is 2.20. The summed E-state index contributed by atoms with van der Waals surface area (Å²) in [5, 5.41) is 20.7. The molecule has 1 aliphatic heterocycles. The highest BCUT2D eigenvalue weighted by Crippen LogP contribution is 2.17. The molecule has 7 heteroatoms. The van der Waals surface area contributed by atoms with Gasteiger partial charge in [0.25, 0.3) is 5.56 Å². The number of rotatable bonds is 5. The van der Waals surface area contributed by atoms with Crippen LogP contribution < -0.4 is 5.56 Å². The number of fused-ring (bicyclic) bond motifs is 1. The number of para-hydroxylation sites is 1. The molecule has 0 atom stereocenters. The maximum absolute atomic E-state index is 12.3. The molecule has 1 aliphatic rings. The van der Waals surface area contributed by atoms with Gasteiger partial charge in [0, 0.05) is 32.7 Å². The number of aromatic amines is 1. The van der Waals surface area contributed by atoms with Crippen LogP contribution in [0.3, 0.4) is 0 Å². The van der Waals surface area contributed by atoms with E-state index in [1.165, 1.54) is 5.56 Å². The van der Waals surface area contributed by atoms with Crippen LogP contribution in [0.5, 0.6) is 0 Å². The lowest BCUT2D eigenvalue weighted by molar-refractivity contribution is 0.125. The monoisotopic (exact) mass is 401 g/mol. The Bertz CT molecular complexity index is 1160. The van der Waals surface area contributed by atoms with E-state index in [-0.39, 0.29) is 29.3 Å². The van der Waals surface area contributed by atoms with Crippen molar-refractivity contribution in [2.75, 3.05) is 32.7 Å². The van der Waals surface area contributed by atoms with E-state index in [9.17, 15) is 15.2 Å². The molecule has 3 aromatic rings. The number of hydrogen-bond acceptors (Lipinski definition) is 6. The molecule has 2 aromatic carbocycles. The van der Waals surface area contributed by atoms with Crippen LogP contribution in [0.4, 0.5) is 0 Å². The molecule has 0 amide bonds. The van der Waals surface area contributed by atoms with Crippen molar-refractivity contribution in [2.45, 2.75) is 6.54 Å². The third-order valence-corrected chi connectivity index (χ3v) is 5.34. The number of allylic oxidation sites excluding steroid dienone is 1. The third-order valence-electron chi connectivity index (χ3n) is 5.34. The number of nitrogens with zero attached hydrogens (tertiary/aromatic N) is 4.